The Morgan fingerprint density at radius 1 is 0.889 bits per heavy atom. The van der Waals surface area contributed by atoms with Crippen LogP contribution in [-0.2, 0) is 0 Å². The molecule has 3 aromatic rings. The second-order valence-electron chi connectivity index (χ2n) is 5.62. The predicted molar refractivity (Wildman–Crippen MR) is 104 cm³/mol. The molecule has 5 nitrogen and oxygen atoms in total. The average molecular weight is 361 g/mol. The van der Waals surface area contributed by atoms with Crippen LogP contribution in [0, 0.1) is 0 Å². The molecule has 0 saturated heterocycles. The Balaban J connectivity index is 1.78. The monoisotopic (exact) mass is 361 g/mol. The second-order valence-corrected chi connectivity index (χ2v) is 5.62. The lowest BCUT2D eigenvalue weighted by Crippen LogP contribution is -2.09. The summed E-state index contributed by atoms with van der Waals surface area (Å²) in [7, 11) is 3.08. The van der Waals surface area contributed by atoms with Gasteiger partial charge in [0.2, 0.25) is 0 Å². The fourth-order valence-corrected chi connectivity index (χ4v) is 2.44. The van der Waals surface area contributed by atoms with Crippen molar-refractivity contribution >= 4 is 18.1 Å². The van der Waals surface area contributed by atoms with Crippen molar-refractivity contribution in [2.75, 3.05) is 14.2 Å². The Bertz CT molecular complexity index is 952. The quantitative estimate of drug-likeness (QED) is 0.478. The molecule has 0 spiro atoms. The molecule has 0 bridgehead atoms. The maximum atomic E-state index is 12.4. The Morgan fingerprint density at radius 3 is 2.52 bits per heavy atom. The highest BCUT2D eigenvalue weighted by atomic mass is 16.6. The molecule has 136 valence electrons. The summed E-state index contributed by atoms with van der Waals surface area (Å²) in [6.45, 7) is 0. The van der Waals surface area contributed by atoms with Gasteiger partial charge in [-0.1, -0.05) is 24.3 Å². The summed E-state index contributed by atoms with van der Waals surface area (Å²) in [5.74, 6) is 0.921. The third-order valence-corrected chi connectivity index (χ3v) is 3.83. The first-order chi connectivity index (χ1) is 13.2. The minimum absolute atomic E-state index is 0.348. The zero-order valence-electron chi connectivity index (χ0n) is 15.1. The summed E-state index contributed by atoms with van der Waals surface area (Å²) >= 11 is 0. The molecule has 1 heterocycles. The molecular weight excluding hydrogens is 342 g/mol. The van der Waals surface area contributed by atoms with Crippen molar-refractivity contribution in [3.05, 3.63) is 83.7 Å². The standard InChI is InChI=1S/C22H19NO4/c1-25-19-8-5-6-17(15-19)22(24)27-20-12-10-16(14-21(20)26-2)9-11-18-7-3-4-13-23-18/h3-15H,1-2H3/b11-9+. The fraction of sp³-hybridized carbons (Fsp3) is 0.0909. The average Bonchev–Trinajstić information content (AvgIpc) is 2.73. The first-order valence-electron chi connectivity index (χ1n) is 8.33. The molecule has 27 heavy (non-hydrogen) atoms. The van der Waals surface area contributed by atoms with Crippen LogP contribution in [0.4, 0.5) is 0 Å². The SMILES string of the molecule is COc1cccc(C(=O)Oc2ccc(/C=C/c3ccccn3)cc2OC)c1. The zero-order valence-corrected chi connectivity index (χ0v) is 15.1. The Kier molecular flexibility index (Phi) is 5.84. The van der Waals surface area contributed by atoms with Crippen LogP contribution in [0.1, 0.15) is 21.6 Å². The molecule has 0 fully saturated rings. The van der Waals surface area contributed by atoms with Crippen molar-refractivity contribution in [1.82, 2.24) is 4.98 Å². The third-order valence-electron chi connectivity index (χ3n) is 3.83. The van der Waals surface area contributed by atoms with Gasteiger partial charge in [0.05, 0.1) is 25.5 Å². The van der Waals surface area contributed by atoms with Gasteiger partial charge >= 0.3 is 5.97 Å². The summed E-state index contributed by atoms with van der Waals surface area (Å²) in [5.41, 5.74) is 2.15. The van der Waals surface area contributed by atoms with E-state index < -0.39 is 5.97 Å². The molecule has 0 aliphatic rings. The minimum atomic E-state index is -0.482. The number of esters is 1. The number of hydrogen-bond acceptors (Lipinski definition) is 5. The van der Waals surface area contributed by atoms with E-state index in [9.17, 15) is 4.79 Å². The van der Waals surface area contributed by atoms with Crippen molar-refractivity contribution in [3.63, 3.8) is 0 Å². The topological polar surface area (TPSA) is 57.7 Å². The van der Waals surface area contributed by atoms with Crippen LogP contribution in [0.2, 0.25) is 0 Å². The number of rotatable bonds is 6. The largest absolute Gasteiger partial charge is 0.497 e. The lowest BCUT2D eigenvalue weighted by molar-refractivity contribution is 0.0729. The Morgan fingerprint density at radius 2 is 1.78 bits per heavy atom. The van der Waals surface area contributed by atoms with E-state index in [1.807, 2.05) is 36.4 Å². The number of ether oxygens (including phenoxy) is 3. The van der Waals surface area contributed by atoms with E-state index >= 15 is 0 Å². The van der Waals surface area contributed by atoms with Crippen LogP contribution in [0.25, 0.3) is 12.2 Å². The number of pyridine rings is 1. The van der Waals surface area contributed by atoms with E-state index in [-0.39, 0.29) is 0 Å². The summed E-state index contributed by atoms with van der Waals surface area (Å²) in [6.07, 6.45) is 5.55. The lowest BCUT2D eigenvalue weighted by atomic mass is 10.1. The van der Waals surface area contributed by atoms with Gasteiger partial charge < -0.3 is 14.2 Å². The molecule has 1 aromatic heterocycles. The fourth-order valence-electron chi connectivity index (χ4n) is 2.44. The Hall–Kier alpha value is -3.60. The van der Waals surface area contributed by atoms with Gasteiger partial charge in [0.1, 0.15) is 5.75 Å². The molecule has 0 aliphatic heterocycles. The number of hydrogen-bond donors (Lipinski definition) is 0. The number of aromatic nitrogens is 1. The first-order valence-corrected chi connectivity index (χ1v) is 8.33. The van der Waals surface area contributed by atoms with Crippen molar-refractivity contribution in [1.29, 1.82) is 0 Å². The maximum absolute atomic E-state index is 12.4. The predicted octanol–water partition coefficient (Wildman–Crippen LogP) is 4.49. The van der Waals surface area contributed by atoms with E-state index in [1.54, 1.807) is 49.7 Å². The van der Waals surface area contributed by atoms with Gasteiger partial charge in [0.15, 0.2) is 11.5 Å². The van der Waals surface area contributed by atoms with E-state index in [4.69, 9.17) is 14.2 Å². The molecular formula is C22H19NO4. The van der Waals surface area contributed by atoms with Crippen molar-refractivity contribution in [2.45, 2.75) is 0 Å². The summed E-state index contributed by atoms with van der Waals surface area (Å²) in [4.78, 5) is 16.6. The highest BCUT2D eigenvalue weighted by molar-refractivity contribution is 5.91. The van der Waals surface area contributed by atoms with Crippen molar-refractivity contribution in [2.24, 2.45) is 0 Å². The van der Waals surface area contributed by atoms with Crippen LogP contribution >= 0.6 is 0 Å². The molecule has 0 unspecified atom stereocenters. The van der Waals surface area contributed by atoms with E-state index in [0.717, 1.165) is 11.3 Å². The van der Waals surface area contributed by atoms with Gasteiger partial charge in [-0.25, -0.2) is 4.79 Å². The normalized spacial score (nSPS) is 10.6. The highest BCUT2D eigenvalue weighted by Gasteiger charge is 2.13. The second kappa shape index (κ2) is 8.67. The third kappa shape index (κ3) is 4.73. The highest BCUT2D eigenvalue weighted by Crippen LogP contribution is 2.29. The van der Waals surface area contributed by atoms with Gasteiger partial charge in [-0.15, -0.1) is 0 Å². The van der Waals surface area contributed by atoms with Crippen LogP contribution in [0.5, 0.6) is 17.2 Å². The molecule has 0 saturated carbocycles. The lowest BCUT2D eigenvalue weighted by Gasteiger charge is -2.10. The summed E-state index contributed by atoms with van der Waals surface area (Å²) in [6, 6.07) is 17.8. The van der Waals surface area contributed by atoms with E-state index in [2.05, 4.69) is 4.98 Å². The molecule has 3 rings (SSSR count). The van der Waals surface area contributed by atoms with Crippen LogP contribution in [0.15, 0.2) is 66.9 Å². The van der Waals surface area contributed by atoms with E-state index in [1.165, 1.54) is 7.11 Å². The molecule has 2 aromatic carbocycles. The molecule has 0 amide bonds. The molecule has 0 aliphatic carbocycles. The first kappa shape index (κ1) is 18.2. The number of carbonyl (C=O) groups is 1. The van der Waals surface area contributed by atoms with Gasteiger partial charge in [0, 0.05) is 6.20 Å². The molecule has 5 heteroatoms. The van der Waals surface area contributed by atoms with Crippen LogP contribution in [-0.4, -0.2) is 25.2 Å². The van der Waals surface area contributed by atoms with Crippen molar-refractivity contribution in [3.8, 4) is 17.2 Å². The smallest absolute Gasteiger partial charge is 0.343 e. The van der Waals surface area contributed by atoms with Gasteiger partial charge in [-0.2, -0.15) is 0 Å². The minimum Gasteiger partial charge on any atom is -0.497 e. The molecule has 0 N–H and O–H groups in total. The summed E-state index contributed by atoms with van der Waals surface area (Å²) < 4.78 is 16.0. The van der Waals surface area contributed by atoms with Gasteiger partial charge in [-0.3, -0.25) is 4.98 Å². The number of methoxy groups -OCH3 is 2. The van der Waals surface area contributed by atoms with Gasteiger partial charge in [0.25, 0.3) is 0 Å². The van der Waals surface area contributed by atoms with E-state index in [0.29, 0.717) is 22.8 Å². The van der Waals surface area contributed by atoms with Crippen molar-refractivity contribution < 1.29 is 19.0 Å². The number of carbonyl (C=O) groups excluding carboxylic acids is 1. The molecule has 0 radical (unpaired) electrons. The van der Waals surface area contributed by atoms with Crippen LogP contribution in [0.3, 0.4) is 0 Å². The number of nitrogens with zero attached hydrogens (tertiary/aromatic N) is 1. The molecule has 0 atom stereocenters. The summed E-state index contributed by atoms with van der Waals surface area (Å²) in [5, 5.41) is 0. The zero-order chi connectivity index (χ0) is 19.1. The van der Waals surface area contributed by atoms with Crippen LogP contribution < -0.4 is 14.2 Å². The maximum Gasteiger partial charge on any atom is 0.343 e. The van der Waals surface area contributed by atoms with Gasteiger partial charge in [-0.05, 0) is 54.1 Å². The Labute approximate surface area is 157 Å². The number of benzene rings is 2.